The van der Waals surface area contributed by atoms with Gasteiger partial charge in [0.05, 0.1) is 11.7 Å². The van der Waals surface area contributed by atoms with Crippen LogP contribution in [0, 0.1) is 5.92 Å². The lowest BCUT2D eigenvalue weighted by molar-refractivity contribution is -0.126. The Labute approximate surface area is 144 Å². The van der Waals surface area contributed by atoms with E-state index >= 15 is 0 Å². The van der Waals surface area contributed by atoms with Crippen molar-refractivity contribution in [2.24, 2.45) is 11.7 Å². The number of hydrogen-bond donors (Lipinski definition) is 2. The van der Waals surface area contributed by atoms with Crippen LogP contribution in [-0.2, 0) is 14.8 Å². The molecule has 1 saturated heterocycles. The van der Waals surface area contributed by atoms with Crippen LogP contribution in [0.2, 0.25) is 0 Å². The molecule has 3 N–H and O–H groups in total. The van der Waals surface area contributed by atoms with E-state index in [1.54, 1.807) is 6.92 Å². The smallest absolute Gasteiger partial charge is 0.224 e. The number of nitrogens with one attached hydrogen (secondary N) is 1. The third kappa shape index (κ3) is 4.55. The first kappa shape index (κ1) is 18.9. The molecule has 2 unspecified atom stereocenters. The molecule has 0 saturated carbocycles. The summed E-state index contributed by atoms with van der Waals surface area (Å²) < 4.78 is 25.2. The third-order valence-corrected chi connectivity index (χ3v) is 6.58. The molecule has 1 aliphatic rings. The van der Waals surface area contributed by atoms with Gasteiger partial charge in [-0.3, -0.25) is 4.79 Å². The lowest BCUT2D eigenvalue weighted by Gasteiger charge is -2.32. The Bertz CT molecular complexity index is 640. The molecule has 2 rings (SSSR count). The zero-order chi connectivity index (χ0) is 17.7. The van der Waals surface area contributed by atoms with Crippen molar-refractivity contribution in [3.05, 3.63) is 35.9 Å². The first-order valence-electron chi connectivity index (χ1n) is 8.44. The predicted molar refractivity (Wildman–Crippen MR) is 94.7 cm³/mol. The molecule has 0 aliphatic carbocycles. The number of nitrogens with zero attached hydrogens (tertiary/aromatic N) is 1. The maximum atomic E-state index is 12.4. The van der Waals surface area contributed by atoms with Crippen molar-refractivity contribution in [2.75, 3.05) is 18.8 Å². The number of sulfonamides is 1. The molecule has 2 atom stereocenters. The van der Waals surface area contributed by atoms with E-state index in [2.05, 4.69) is 5.32 Å². The van der Waals surface area contributed by atoms with Crippen LogP contribution in [-0.4, -0.2) is 43.5 Å². The Kier molecular flexibility index (Phi) is 6.37. The fourth-order valence-corrected chi connectivity index (χ4v) is 4.05. The van der Waals surface area contributed by atoms with Crippen LogP contribution in [0.1, 0.15) is 38.3 Å². The molecular weight excluding hydrogens is 326 g/mol. The molecule has 0 aromatic heterocycles. The van der Waals surface area contributed by atoms with Gasteiger partial charge in [0.2, 0.25) is 15.9 Å². The topological polar surface area (TPSA) is 92.5 Å². The van der Waals surface area contributed by atoms with Crippen molar-refractivity contribution < 1.29 is 13.2 Å². The molecule has 0 spiro atoms. The molecule has 1 amide bonds. The highest BCUT2D eigenvalue weighted by molar-refractivity contribution is 7.89. The van der Waals surface area contributed by atoms with Gasteiger partial charge in [-0.25, -0.2) is 12.7 Å². The van der Waals surface area contributed by atoms with Crippen LogP contribution < -0.4 is 11.1 Å². The summed E-state index contributed by atoms with van der Waals surface area (Å²) in [6, 6.07) is 9.22. The van der Waals surface area contributed by atoms with Crippen LogP contribution in [0.4, 0.5) is 0 Å². The van der Waals surface area contributed by atoms with Crippen molar-refractivity contribution in [2.45, 2.75) is 38.8 Å². The summed E-state index contributed by atoms with van der Waals surface area (Å²) in [5, 5.41) is 3.02. The van der Waals surface area contributed by atoms with Crippen molar-refractivity contribution in [1.82, 2.24) is 9.62 Å². The van der Waals surface area contributed by atoms with E-state index in [1.165, 1.54) is 4.31 Å². The van der Waals surface area contributed by atoms with Crippen LogP contribution in [0.25, 0.3) is 0 Å². The Morgan fingerprint density at radius 1 is 1.29 bits per heavy atom. The average molecular weight is 353 g/mol. The first-order valence-corrected chi connectivity index (χ1v) is 10.0. The molecule has 0 bridgehead atoms. The van der Waals surface area contributed by atoms with Gasteiger partial charge in [0.1, 0.15) is 0 Å². The van der Waals surface area contributed by atoms with Gasteiger partial charge in [-0.05, 0) is 25.3 Å². The van der Waals surface area contributed by atoms with Crippen molar-refractivity contribution in [3.63, 3.8) is 0 Å². The number of hydrogen-bond acceptors (Lipinski definition) is 4. The lowest BCUT2D eigenvalue weighted by Crippen LogP contribution is -2.48. The number of benzene rings is 1. The molecule has 1 aromatic rings. The highest BCUT2D eigenvalue weighted by atomic mass is 32.2. The van der Waals surface area contributed by atoms with Crippen LogP contribution in [0.5, 0.6) is 0 Å². The molecule has 6 nitrogen and oxygen atoms in total. The number of rotatable bonds is 6. The summed E-state index contributed by atoms with van der Waals surface area (Å²) in [5.41, 5.74) is 7.13. The van der Waals surface area contributed by atoms with E-state index in [1.807, 2.05) is 37.3 Å². The summed E-state index contributed by atoms with van der Waals surface area (Å²) >= 11 is 0. The molecule has 134 valence electrons. The Morgan fingerprint density at radius 2 is 1.88 bits per heavy atom. The first-order chi connectivity index (χ1) is 11.3. The number of amides is 1. The predicted octanol–water partition coefficient (Wildman–Crippen LogP) is 1.25. The normalized spacial score (nSPS) is 19.6. The van der Waals surface area contributed by atoms with Crippen molar-refractivity contribution in [1.29, 1.82) is 0 Å². The number of nitrogens with two attached hydrogens (primary N) is 1. The van der Waals surface area contributed by atoms with Gasteiger partial charge >= 0.3 is 0 Å². The molecule has 1 aliphatic heterocycles. The minimum Gasteiger partial charge on any atom is -0.353 e. The molecule has 24 heavy (non-hydrogen) atoms. The maximum absolute atomic E-state index is 12.4. The minimum atomic E-state index is -3.14. The Balaban J connectivity index is 1.87. The minimum absolute atomic E-state index is 0.00577. The molecule has 0 radical (unpaired) electrons. The van der Waals surface area contributed by atoms with E-state index in [-0.39, 0.29) is 29.7 Å². The number of carbonyl (C=O) groups is 1. The summed E-state index contributed by atoms with van der Waals surface area (Å²) in [7, 11) is -3.14. The van der Waals surface area contributed by atoms with Gasteiger partial charge in [-0.1, -0.05) is 37.3 Å². The maximum Gasteiger partial charge on any atom is 0.224 e. The van der Waals surface area contributed by atoms with E-state index in [0.717, 1.165) is 5.56 Å². The van der Waals surface area contributed by atoms with Gasteiger partial charge in [0.15, 0.2) is 0 Å². The molecular formula is C17H27N3O3S. The number of carbonyl (C=O) groups excluding carboxylic acids is 1. The standard InChI is InChI=1S/C17H27N3O3S/c1-3-24(22,23)20-11-9-15(10-12-20)19-17(21)13(2)16(18)14-7-5-4-6-8-14/h4-8,13,15-16H,3,9-12,18H2,1-2H3,(H,19,21). The van der Waals surface area contributed by atoms with E-state index < -0.39 is 10.0 Å². The van der Waals surface area contributed by atoms with Gasteiger partial charge in [-0.2, -0.15) is 0 Å². The van der Waals surface area contributed by atoms with Crippen LogP contribution in [0.15, 0.2) is 30.3 Å². The second kappa shape index (κ2) is 8.09. The SMILES string of the molecule is CCS(=O)(=O)N1CCC(NC(=O)C(C)C(N)c2ccccc2)CC1. The van der Waals surface area contributed by atoms with Gasteiger partial charge in [-0.15, -0.1) is 0 Å². The van der Waals surface area contributed by atoms with Crippen molar-refractivity contribution in [3.8, 4) is 0 Å². The fourth-order valence-electron chi connectivity index (χ4n) is 2.92. The van der Waals surface area contributed by atoms with E-state index in [0.29, 0.717) is 25.9 Å². The summed E-state index contributed by atoms with van der Waals surface area (Å²) in [5.74, 6) is -0.305. The van der Waals surface area contributed by atoms with E-state index in [9.17, 15) is 13.2 Å². The second-order valence-corrected chi connectivity index (χ2v) is 8.57. The third-order valence-electron chi connectivity index (χ3n) is 4.70. The Hall–Kier alpha value is -1.44. The van der Waals surface area contributed by atoms with E-state index in [4.69, 9.17) is 5.73 Å². The monoisotopic (exact) mass is 353 g/mol. The van der Waals surface area contributed by atoms with Crippen LogP contribution >= 0.6 is 0 Å². The van der Waals surface area contributed by atoms with Crippen molar-refractivity contribution >= 4 is 15.9 Å². The Morgan fingerprint density at radius 3 is 2.42 bits per heavy atom. The van der Waals surface area contributed by atoms with Gasteiger partial charge in [0, 0.05) is 25.2 Å². The average Bonchev–Trinajstić information content (AvgIpc) is 2.61. The van der Waals surface area contributed by atoms with Gasteiger partial charge in [0.25, 0.3) is 0 Å². The molecule has 1 heterocycles. The largest absolute Gasteiger partial charge is 0.353 e. The zero-order valence-electron chi connectivity index (χ0n) is 14.3. The lowest BCUT2D eigenvalue weighted by atomic mass is 9.94. The van der Waals surface area contributed by atoms with Crippen LogP contribution in [0.3, 0.4) is 0 Å². The molecule has 1 fully saturated rings. The zero-order valence-corrected chi connectivity index (χ0v) is 15.1. The highest BCUT2D eigenvalue weighted by Gasteiger charge is 2.29. The number of piperidine rings is 1. The molecule has 1 aromatic carbocycles. The van der Waals surface area contributed by atoms with Gasteiger partial charge < -0.3 is 11.1 Å². The summed E-state index contributed by atoms with van der Waals surface area (Å²) in [6.07, 6.45) is 1.27. The quantitative estimate of drug-likeness (QED) is 0.805. The summed E-state index contributed by atoms with van der Waals surface area (Å²) in [6.45, 7) is 4.39. The molecule has 7 heteroatoms. The highest BCUT2D eigenvalue weighted by Crippen LogP contribution is 2.20. The fraction of sp³-hybridized carbons (Fsp3) is 0.588. The second-order valence-electron chi connectivity index (χ2n) is 6.31. The summed E-state index contributed by atoms with van der Waals surface area (Å²) in [4.78, 5) is 12.4.